The Bertz CT molecular complexity index is 108. The van der Waals surface area contributed by atoms with Crippen LogP contribution in [0.5, 0.6) is 0 Å². The van der Waals surface area contributed by atoms with Crippen LogP contribution in [0.25, 0.3) is 0 Å². The summed E-state index contributed by atoms with van der Waals surface area (Å²) in [6.45, 7) is 4.44. The second-order valence-corrected chi connectivity index (χ2v) is 2.60. The van der Waals surface area contributed by atoms with E-state index in [4.69, 9.17) is 5.53 Å². The minimum absolute atomic E-state index is 0.801. The Balaban J connectivity index is 3.18. The van der Waals surface area contributed by atoms with Gasteiger partial charge in [0.15, 0.2) is 0 Å². The summed E-state index contributed by atoms with van der Waals surface area (Å²) in [5, 5.41) is 3.13. The lowest BCUT2D eigenvalue weighted by atomic mass is 10.0. The van der Waals surface area contributed by atoms with Gasteiger partial charge in [-0.1, -0.05) is 26.3 Å². The standard InChI is InChI=1S/C8H16N2/c1-3-8(2)6-4-5-7-10-9/h5,7-9H,3-4,6H2,1-2H3/b7-5-,10-9?. The molecular formula is C8H16N2. The van der Waals surface area contributed by atoms with Gasteiger partial charge in [0.25, 0.3) is 0 Å². The van der Waals surface area contributed by atoms with Crippen molar-refractivity contribution in [1.82, 2.24) is 0 Å². The monoisotopic (exact) mass is 140 g/mol. The lowest BCUT2D eigenvalue weighted by Crippen LogP contribution is -1.89. The third-order valence-corrected chi connectivity index (χ3v) is 1.70. The van der Waals surface area contributed by atoms with E-state index in [9.17, 15) is 0 Å². The molecule has 1 atom stereocenters. The quantitative estimate of drug-likeness (QED) is 0.568. The molecule has 0 aromatic carbocycles. The van der Waals surface area contributed by atoms with Crippen molar-refractivity contribution in [3.63, 3.8) is 0 Å². The fraction of sp³-hybridized carbons (Fsp3) is 0.750. The molecule has 0 aliphatic rings. The number of nitrogens with zero attached hydrogens (tertiary/aromatic N) is 1. The lowest BCUT2D eigenvalue weighted by Gasteiger charge is -2.03. The van der Waals surface area contributed by atoms with Gasteiger partial charge < -0.3 is 0 Å². The van der Waals surface area contributed by atoms with Gasteiger partial charge in [-0.05, 0) is 18.8 Å². The highest BCUT2D eigenvalue weighted by Gasteiger charge is 1.94. The van der Waals surface area contributed by atoms with Gasteiger partial charge >= 0.3 is 0 Å². The molecule has 0 bridgehead atoms. The molecule has 0 radical (unpaired) electrons. The Hall–Kier alpha value is -0.660. The molecule has 0 aromatic heterocycles. The van der Waals surface area contributed by atoms with Crippen LogP contribution in [0.3, 0.4) is 0 Å². The summed E-state index contributed by atoms with van der Waals surface area (Å²) in [6, 6.07) is 0. The lowest BCUT2D eigenvalue weighted by molar-refractivity contribution is 0.521. The van der Waals surface area contributed by atoms with Crippen LogP contribution >= 0.6 is 0 Å². The van der Waals surface area contributed by atoms with Gasteiger partial charge in [-0.3, -0.25) is 0 Å². The molecular weight excluding hydrogens is 124 g/mol. The number of rotatable bonds is 5. The smallest absolute Gasteiger partial charge is 0.0448 e. The van der Waals surface area contributed by atoms with Gasteiger partial charge in [0, 0.05) is 6.20 Å². The molecule has 2 heteroatoms. The zero-order valence-electron chi connectivity index (χ0n) is 6.80. The van der Waals surface area contributed by atoms with E-state index in [1.807, 2.05) is 6.08 Å². The first-order valence-corrected chi connectivity index (χ1v) is 3.82. The first-order chi connectivity index (χ1) is 4.81. The molecule has 0 fully saturated rings. The molecule has 0 aliphatic heterocycles. The number of allylic oxidation sites excluding steroid dienone is 1. The third-order valence-electron chi connectivity index (χ3n) is 1.70. The molecule has 1 unspecified atom stereocenters. The molecule has 0 saturated heterocycles. The largest absolute Gasteiger partial charge is 0.205 e. The third kappa shape index (κ3) is 5.48. The van der Waals surface area contributed by atoms with Gasteiger partial charge in [-0.25, -0.2) is 5.53 Å². The molecule has 0 heterocycles. The highest BCUT2D eigenvalue weighted by Crippen LogP contribution is 2.09. The summed E-state index contributed by atoms with van der Waals surface area (Å²) in [7, 11) is 0. The SMILES string of the molecule is CCC(C)CC/C=C\N=N. The Morgan fingerprint density at radius 3 is 2.80 bits per heavy atom. The average molecular weight is 140 g/mol. The van der Waals surface area contributed by atoms with Crippen LogP contribution in [0.15, 0.2) is 17.4 Å². The van der Waals surface area contributed by atoms with Crippen LogP contribution in [0.2, 0.25) is 0 Å². The van der Waals surface area contributed by atoms with Crippen LogP contribution < -0.4 is 0 Å². The minimum atomic E-state index is 0.801. The van der Waals surface area contributed by atoms with Gasteiger partial charge in [0.05, 0.1) is 0 Å². The van der Waals surface area contributed by atoms with Crippen LogP contribution in [0.1, 0.15) is 33.1 Å². The van der Waals surface area contributed by atoms with E-state index in [0.717, 1.165) is 12.3 Å². The van der Waals surface area contributed by atoms with Crippen molar-refractivity contribution < 1.29 is 0 Å². The summed E-state index contributed by atoms with van der Waals surface area (Å²) >= 11 is 0. The summed E-state index contributed by atoms with van der Waals surface area (Å²) < 4.78 is 0. The zero-order valence-corrected chi connectivity index (χ0v) is 6.80. The van der Waals surface area contributed by atoms with Crippen LogP contribution in [0.4, 0.5) is 0 Å². The minimum Gasteiger partial charge on any atom is -0.205 e. The molecule has 0 rings (SSSR count). The van der Waals surface area contributed by atoms with Crippen LogP contribution in [-0.2, 0) is 0 Å². The Labute approximate surface area is 62.8 Å². The van der Waals surface area contributed by atoms with Crippen LogP contribution in [-0.4, -0.2) is 0 Å². The van der Waals surface area contributed by atoms with Crippen molar-refractivity contribution in [2.45, 2.75) is 33.1 Å². The van der Waals surface area contributed by atoms with Crippen molar-refractivity contribution >= 4 is 0 Å². The van der Waals surface area contributed by atoms with E-state index in [-0.39, 0.29) is 0 Å². The van der Waals surface area contributed by atoms with E-state index < -0.39 is 0 Å². The predicted molar refractivity (Wildman–Crippen MR) is 43.0 cm³/mol. The maximum absolute atomic E-state index is 6.47. The Kier molecular flexibility index (Phi) is 6.03. The second kappa shape index (κ2) is 6.46. The fourth-order valence-corrected chi connectivity index (χ4v) is 0.712. The van der Waals surface area contributed by atoms with Crippen molar-refractivity contribution in [3.8, 4) is 0 Å². The van der Waals surface area contributed by atoms with Gasteiger partial charge in [0.1, 0.15) is 0 Å². The summed E-state index contributed by atoms with van der Waals surface area (Å²) in [6.07, 6.45) is 6.99. The molecule has 0 saturated carbocycles. The summed E-state index contributed by atoms with van der Waals surface area (Å²) in [5.41, 5.74) is 6.47. The van der Waals surface area contributed by atoms with E-state index in [0.29, 0.717) is 0 Å². The first kappa shape index (κ1) is 9.34. The molecule has 58 valence electrons. The predicted octanol–water partition coefficient (Wildman–Crippen LogP) is 3.36. The molecule has 0 spiro atoms. The van der Waals surface area contributed by atoms with E-state index in [1.165, 1.54) is 12.8 Å². The number of nitrogens with one attached hydrogen (secondary N) is 1. The van der Waals surface area contributed by atoms with Gasteiger partial charge in [-0.2, -0.15) is 5.11 Å². The highest BCUT2D eigenvalue weighted by atomic mass is 14.9. The van der Waals surface area contributed by atoms with Crippen molar-refractivity contribution in [3.05, 3.63) is 12.3 Å². The number of hydrogen-bond acceptors (Lipinski definition) is 2. The zero-order chi connectivity index (χ0) is 7.82. The van der Waals surface area contributed by atoms with E-state index >= 15 is 0 Å². The molecule has 10 heavy (non-hydrogen) atoms. The molecule has 1 N–H and O–H groups in total. The van der Waals surface area contributed by atoms with Crippen molar-refractivity contribution in [2.75, 3.05) is 0 Å². The summed E-state index contributed by atoms with van der Waals surface area (Å²) in [5.74, 6) is 0.801. The fourth-order valence-electron chi connectivity index (χ4n) is 0.712. The maximum Gasteiger partial charge on any atom is 0.0448 e. The number of hydrogen-bond donors (Lipinski definition) is 1. The Morgan fingerprint density at radius 1 is 1.60 bits per heavy atom. The topological polar surface area (TPSA) is 36.2 Å². The molecule has 0 aliphatic carbocycles. The normalized spacial score (nSPS) is 13.8. The molecule has 2 nitrogen and oxygen atoms in total. The van der Waals surface area contributed by atoms with Crippen molar-refractivity contribution in [1.29, 1.82) is 5.53 Å². The second-order valence-electron chi connectivity index (χ2n) is 2.60. The molecule has 0 aromatic rings. The van der Waals surface area contributed by atoms with E-state index in [2.05, 4.69) is 19.0 Å². The maximum atomic E-state index is 6.47. The molecule has 0 amide bonds. The van der Waals surface area contributed by atoms with Crippen molar-refractivity contribution in [2.24, 2.45) is 11.0 Å². The van der Waals surface area contributed by atoms with Gasteiger partial charge in [-0.15, -0.1) is 0 Å². The summed E-state index contributed by atoms with van der Waals surface area (Å²) in [4.78, 5) is 0. The van der Waals surface area contributed by atoms with Gasteiger partial charge in [0.2, 0.25) is 0 Å². The first-order valence-electron chi connectivity index (χ1n) is 3.82. The Morgan fingerprint density at radius 2 is 2.30 bits per heavy atom. The highest BCUT2D eigenvalue weighted by molar-refractivity contribution is 4.77. The van der Waals surface area contributed by atoms with Crippen LogP contribution in [0, 0.1) is 11.4 Å². The van der Waals surface area contributed by atoms with E-state index in [1.54, 1.807) is 6.20 Å². The average Bonchev–Trinajstić information content (AvgIpc) is 1.98.